The Bertz CT molecular complexity index is 981. The summed E-state index contributed by atoms with van der Waals surface area (Å²) >= 11 is 2.96. The Morgan fingerprint density at radius 1 is 1.21 bits per heavy atom. The molecule has 1 aliphatic carbocycles. The van der Waals surface area contributed by atoms with Crippen LogP contribution in [0.25, 0.3) is 9.88 Å². The number of rotatable bonds is 5. The lowest BCUT2D eigenvalue weighted by Gasteiger charge is -2.27. The van der Waals surface area contributed by atoms with E-state index >= 15 is 0 Å². The van der Waals surface area contributed by atoms with Crippen LogP contribution in [-0.2, 0) is 16.0 Å². The predicted molar refractivity (Wildman–Crippen MR) is 111 cm³/mol. The molecule has 0 radical (unpaired) electrons. The summed E-state index contributed by atoms with van der Waals surface area (Å²) < 4.78 is 5.35. The summed E-state index contributed by atoms with van der Waals surface area (Å²) in [6.07, 6.45) is 2.07. The van der Waals surface area contributed by atoms with Crippen LogP contribution in [0.5, 0.6) is 0 Å². The van der Waals surface area contributed by atoms with Crippen molar-refractivity contribution in [1.82, 2.24) is 10.3 Å². The lowest BCUT2D eigenvalue weighted by molar-refractivity contribution is -0.130. The molecule has 0 saturated heterocycles. The third-order valence-electron chi connectivity index (χ3n) is 4.78. The normalized spacial score (nSPS) is 16.8. The number of amides is 1. The van der Waals surface area contributed by atoms with Crippen molar-refractivity contribution >= 4 is 34.6 Å². The topological polar surface area (TPSA) is 68.3 Å². The Labute approximate surface area is 171 Å². The van der Waals surface area contributed by atoms with E-state index in [0.29, 0.717) is 0 Å². The average molecular weight is 413 g/mol. The maximum absolute atomic E-state index is 12.6. The van der Waals surface area contributed by atoms with Crippen LogP contribution < -0.4 is 5.32 Å². The van der Waals surface area contributed by atoms with E-state index in [2.05, 4.69) is 22.4 Å². The number of thiazole rings is 1. The van der Waals surface area contributed by atoms with Crippen molar-refractivity contribution in [2.24, 2.45) is 0 Å². The molecule has 5 nitrogen and oxygen atoms in total. The van der Waals surface area contributed by atoms with E-state index in [4.69, 9.17) is 4.74 Å². The van der Waals surface area contributed by atoms with Crippen molar-refractivity contribution in [2.75, 3.05) is 0 Å². The van der Waals surface area contributed by atoms with Gasteiger partial charge in [0.15, 0.2) is 11.8 Å². The Morgan fingerprint density at radius 3 is 2.89 bits per heavy atom. The van der Waals surface area contributed by atoms with Gasteiger partial charge in [-0.2, -0.15) is 0 Å². The van der Waals surface area contributed by atoms with Crippen LogP contribution in [0.4, 0.5) is 0 Å². The molecule has 0 fully saturated rings. The van der Waals surface area contributed by atoms with Gasteiger partial charge < -0.3 is 10.1 Å². The minimum atomic E-state index is -0.881. The van der Waals surface area contributed by atoms with E-state index in [9.17, 15) is 9.59 Å². The fraction of sp³-hybridized carbons (Fsp3) is 0.286. The van der Waals surface area contributed by atoms with Gasteiger partial charge in [-0.05, 0) is 48.8 Å². The molecule has 2 heterocycles. The molecule has 1 amide bonds. The highest BCUT2D eigenvalue weighted by atomic mass is 32.1. The largest absolute Gasteiger partial charge is 0.448 e. The van der Waals surface area contributed by atoms with Crippen LogP contribution >= 0.6 is 22.7 Å². The molecule has 0 saturated carbocycles. The van der Waals surface area contributed by atoms with Crippen LogP contribution in [0, 0.1) is 0 Å². The van der Waals surface area contributed by atoms with Gasteiger partial charge in [0.25, 0.3) is 5.91 Å². The number of aromatic nitrogens is 1. The standard InChI is InChI=1S/C21H20N2O3S2/c1-13(19(24)22-16-9-4-7-14-6-2-3-8-15(14)16)26-21(25)17-12-28-20(23-17)18-10-5-11-27-18/h2-3,5-6,8,10-13,16H,4,7,9H2,1H3,(H,22,24)/t13-,16-/m0/s1. The third kappa shape index (κ3) is 4.00. The number of nitrogens with zero attached hydrogens (tertiary/aromatic N) is 1. The van der Waals surface area contributed by atoms with E-state index in [1.54, 1.807) is 23.6 Å². The number of thiophene rings is 1. The first-order valence-corrected chi connectivity index (χ1v) is 11.0. The lowest BCUT2D eigenvalue weighted by atomic mass is 9.87. The number of hydrogen-bond donors (Lipinski definition) is 1. The van der Waals surface area contributed by atoms with Gasteiger partial charge in [-0.15, -0.1) is 22.7 Å². The number of carbonyl (C=O) groups is 2. The number of hydrogen-bond acceptors (Lipinski definition) is 6. The fourth-order valence-corrected chi connectivity index (χ4v) is 4.95. The summed E-state index contributed by atoms with van der Waals surface area (Å²) in [5.74, 6) is -0.866. The molecule has 28 heavy (non-hydrogen) atoms. The van der Waals surface area contributed by atoms with Gasteiger partial charge in [0, 0.05) is 5.38 Å². The number of ether oxygens (including phenoxy) is 1. The molecule has 7 heteroatoms. The molecule has 1 aromatic carbocycles. The maximum Gasteiger partial charge on any atom is 0.358 e. The lowest BCUT2D eigenvalue weighted by Crippen LogP contribution is -2.39. The van der Waals surface area contributed by atoms with Crippen LogP contribution in [0.1, 0.15) is 47.4 Å². The molecule has 0 unspecified atom stereocenters. The Kier molecular flexibility index (Phi) is 5.54. The SMILES string of the molecule is C[C@H](OC(=O)c1csc(-c2cccs2)n1)C(=O)N[C@H]1CCCc2ccccc21. The summed E-state index contributed by atoms with van der Waals surface area (Å²) in [4.78, 5) is 30.3. The Hall–Kier alpha value is -2.51. The van der Waals surface area contributed by atoms with E-state index in [-0.39, 0.29) is 17.6 Å². The van der Waals surface area contributed by atoms with Gasteiger partial charge in [-0.3, -0.25) is 4.79 Å². The number of carbonyl (C=O) groups excluding carboxylic acids is 2. The van der Waals surface area contributed by atoms with Crippen molar-refractivity contribution in [3.05, 3.63) is 64.0 Å². The molecule has 0 spiro atoms. The van der Waals surface area contributed by atoms with Crippen molar-refractivity contribution < 1.29 is 14.3 Å². The first kappa shape index (κ1) is 18.8. The second-order valence-electron chi connectivity index (χ2n) is 6.71. The highest BCUT2D eigenvalue weighted by Crippen LogP contribution is 2.30. The molecule has 2 aromatic heterocycles. The second-order valence-corrected chi connectivity index (χ2v) is 8.52. The number of nitrogens with one attached hydrogen (secondary N) is 1. The Morgan fingerprint density at radius 2 is 2.07 bits per heavy atom. The van der Waals surface area contributed by atoms with Gasteiger partial charge in [0.05, 0.1) is 10.9 Å². The summed E-state index contributed by atoms with van der Waals surface area (Å²) in [6, 6.07) is 12.0. The van der Waals surface area contributed by atoms with Gasteiger partial charge in [-0.1, -0.05) is 30.3 Å². The summed E-state index contributed by atoms with van der Waals surface area (Å²) in [7, 11) is 0. The predicted octanol–water partition coefficient (Wildman–Crippen LogP) is 4.61. The van der Waals surface area contributed by atoms with E-state index in [0.717, 1.165) is 34.7 Å². The summed E-state index contributed by atoms with van der Waals surface area (Å²) in [5.41, 5.74) is 2.66. The highest BCUT2D eigenvalue weighted by Gasteiger charge is 2.26. The minimum Gasteiger partial charge on any atom is -0.448 e. The van der Waals surface area contributed by atoms with Gasteiger partial charge >= 0.3 is 5.97 Å². The molecule has 0 aliphatic heterocycles. The van der Waals surface area contributed by atoms with Crippen LogP contribution in [0.2, 0.25) is 0 Å². The van der Waals surface area contributed by atoms with Crippen molar-refractivity contribution in [1.29, 1.82) is 0 Å². The van der Waals surface area contributed by atoms with Crippen LogP contribution in [-0.4, -0.2) is 23.0 Å². The van der Waals surface area contributed by atoms with Crippen molar-refractivity contribution in [3.8, 4) is 9.88 Å². The second kappa shape index (κ2) is 8.24. The smallest absolute Gasteiger partial charge is 0.358 e. The fourth-order valence-electron chi connectivity index (χ4n) is 3.35. The number of fused-ring (bicyclic) bond motifs is 1. The molecule has 3 aromatic rings. The Balaban J connectivity index is 1.38. The molecule has 144 valence electrons. The van der Waals surface area contributed by atoms with Gasteiger partial charge in [0.2, 0.25) is 0 Å². The maximum atomic E-state index is 12.6. The quantitative estimate of drug-likeness (QED) is 0.622. The van der Waals surface area contributed by atoms with Gasteiger partial charge in [-0.25, -0.2) is 9.78 Å². The van der Waals surface area contributed by atoms with Crippen molar-refractivity contribution in [2.45, 2.75) is 38.3 Å². The first-order chi connectivity index (χ1) is 13.6. The monoisotopic (exact) mass is 412 g/mol. The molecule has 1 N–H and O–H groups in total. The zero-order chi connectivity index (χ0) is 19.5. The number of esters is 1. The van der Waals surface area contributed by atoms with Gasteiger partial charge in [0.1, 0.15) is 5.01 Å². The third-order valence-corrected chi connectivity index (χ3v) is 6.67. The number of benzene rings is 1. The van der Waals surface area contributed by atoms with Crippen molar-refractivity contribution in [3.63, 3.8) is 0 Å². The first-order valence-electron chi connectivity index (χ1n) is 9.20. The zero-order valence-electron chi connectivity index (χ0n) is 15.4. The van der Waals surface area contributed by atoms with Crippen LogP contribution in [0.3, 0.4) is 0 Å². The van der Waals surface area contributed by atoms with E-state index in [1.807, 2.05) is 29.6 Å². The molecule has 4 rings (SSSR count). The van der Waals surface area contributed by atoms with Crippen LogP contribution in [0.15, 0.2) is 47.2 Å². The zero-order valence-corrected chi connectivity index (χ0v) is 17.0. The highest BCUT2D eigenvalue weighted by molar-refractivity contribution is 7.20. The minimum absolute atomic E-state index is 0.0386. The van der Waals surface area contributed by atoms with E-state index < -0.39 is 12.1 Å². The molecule has 1 aliphatic rings. The van der Waals surface area contributed by atoms with E-state index in [1.165, 1.54) is 16.9 Å². The number of aryl methyl sites for hydroxylation is 1. The molecule has 0 bridgehead atoms. The summed E-state index contributed by atoms with van der Waals surface area (Å²) in [5, 5.41) is 7.43. The molecular weight excluding hydrogens is 392 g/mol. The molecule has 2 atom stereocenters. The average Bonchev–Trinajstić information content (AvgIpc) is 3.40. The molecular formula is C21H20N2O3S2. The summed E-state index contributed by atoms with van der Waals surface area (Å²) in [6.45, 7) is 1.59.